The number of nitrogens with zero attached hydrogens (tertiary/aromatic N) is 2. The van der Waals surface area contributed by atoms with Crippen LogP contribution in [0.3, 0.4) is 0 Å². The molecule has 0 radical (unpaired) electrons. The Morgan fingerprint density at radius 2 is 2.35 bits per heavy atom. The number of nitrogens with one attached hydrogen (secondary N) is 1. The highest BCUT2D eigenvalue weighted by Gasteiger charge is 2.23. The van der Waals surface area contributed by atoms with E-state index in [1.165, 1.54) is 10.9 Å². The van der Waals surface area contributed by atoms with Crippen LogP contribution in [-0.2, 0) is 16.1 Å². The first-order chi connectivity index (χ1) is 9.58. The van der Waals surface area contributed by atoms with E-state index in [1.807, 2.05) is 0 Å². The van der Waals surface area contributed by atoms with Crippen LogP contribution >= 0.6 is 11.6 Å². The summed E-state index contributed by atoms with van der Waals surface area (Å²) in [6.07, 6.45) is 3.73. The lowest BCUT2D eigenvalue weighted by molar-refractivity contribution is -0.122. The summed E-state index contributed by atoms with van der Waals surface area (Å²) >= 11 is 5.96. The lowest BCUT2D eigenvalue weighted by Gasteiger charge is -2.10. The van der Waals surface area contributed by atoms with E-state index in [1.54, 1.807) is 0 Å². The average molecular weight is 301 g/mol. The van der Waals surface area contributed by atoms with Gasteiger partial charge in [0, 0.05) is 13.1 Å². The van der Waals surface area contributed by atoms with Crippen LogP contribution in [0.25, 0.3) is 0 Å². The fourth-order valence-corrected chi connectivity index (χ4v) is 1.92. The number of ether oxygens (including phenoxy) is 1. The molecule has 1 aliphatic carbocycles. The van der Waals surface area contributed by atoms with Gasteiger partial charge in [0.1, 0.15) is 12.3 Å². The summed E-state index contributed by atoms with van der Waals surface area (Å²) in [4.78, 5) is 22.7. The maximum absolute atomic E-state index is 12.2. The predicted molar refractivity (Wildman–Crippen MR) is 74.7 cm³/mol. The van der Waals surface area contributed by atoms with E-state index in [-0.39, 0.29) is 23.8 Å². The van der Waals surface area contributed by atoms with Crippen LogP contribution in [0.4, 0.5) is 5.69 Å². The second-order valence-corrected chi connectivity index (χ2v) is 5.15. The summed E-state index contributed by atoms with van der Waals surface area (Å²) in [6, 6.07) is 0. The molecule has 3 N–H and O–H groups in total. The molecule has 0 aliphatic heterocycles. The van der Waals surface area contributed by atoms with Crippen molar-refractivity contribution in [3.8, 4) is 0 Å². The second-order valence-electron chi connectivity index (χ2n) is 4.74. The van der Waals surface area contributed by atoms with Crippen LogP contribution < -0.4 is 16.6 Å². The Hall–Kier alpha value is -1.60. The highest BCUT2D eigenvalue weighted by Crippen LogP contribution is 2.30. The van der Waals surface area contributed by atoms with Crippen LogP contribution in [0.15, 0.2) is 11.0 Å². The normalized spacial score (nSPS) is 14.2. The average Bonchev–Trinajstić information content (AvgIpc) is 3.20. The number of hydrogen-bond donors (Lipinski definition) is 2. The Labute approximate surface area is 121 Å². The molecule has 1 aromatic rings. The molecule has 8 heteroatoms. The van der Waals surface area contributed by atoms with Crippen LogP contribution in [0.1, 0.15) is 12.8 Å². The monoisotopic (exact) mass is 300 g/mol. The molecule has 0 unspecified atom stereocenters. The third-order valence-electron chi connectivity index (χ3n) is 2.92. The van der Waals surface area contributed by atoms with E-state index < -0.39 is 5.91 Å². The number of carbonyl (C=O) groups is 1. The molecule has 1 saturated carbocycles. The smallest absolute Gasteiger partial charge is 0.291 e. The fourth-order valence-electron chi connectivity index (χ4n) is 1.72. The minimum absolute atomic E-state index is 0.141. The molecule has 2 rings (SSSR count). The van der Waals surface area contributed by atoms with Crippen molar-refractivity contribution in [2.75, 3.05) is 25.1 Å². The first-order valence-corrected chi connectivity index (χ1v) is 6.81. The van der Waals surface area contributed by atoms with Gasteiger partial charge in [-0.25, -0.2) is 4.68 Å². The molecule has 1 fully saturated rings. The van der Waals surface area contributed by atoms with E-state index in [4.69, 9.17) is 22.1 Å². The minimum atomic E-state index is -0.529. The van der Waals surface area contributed by atoms with Gasteiger partial charge < -0.3 is 15.8 Å². The maximum Gasteiger partial charge on any atom is 0.291 e. The van der Waals surface area contributed by atoms with Gasteiger partial charge in [-0.3, -0.25) is 9.59 Å². The molecule has 1 aromatic heterocycles. The van der Waals surface area contributed by atoms with Crippen molar-refractivity contribution in [1.29, 1.82) is 0 Å². The zero-order valence-corrected chi connectivity index (χ0v) is 11.7. The van der Waals surface area contributed by atoms with Crippen LogP contribution in [0, 0.1) is 5.92 Å². The predicted octanol–water partition coefficient (Wildman–Crippen LogP) is 0.220. The Morgan fingerprint density at radius 3 is 3.00 bits per heavy atom. The van der Waals surface area contributed by atoms with Gasteiger partial charge in [-0.15, -0.1) is 0 Å². The highest BCUT2D eigenvalue weighted by molar-refractivity contribution is 6.32. The Morgan fingerprint density at radius 1 is 1.60 bits per heavy atom. The van der Waals surface area contributed by atoms with Gasteiger partial charge >= 0.3 is 0 Å². The van der Waals surface area contributed by atoms with Crippen molar-refractivity contribution in [2.45, 2.75) is 19.4 Å². The van der Waals surface area contributed by atoms with Crippen molar-refractivity contribution in [2.24, 2.45) is 11.7 Å². The number of primary amides is 1. The first-order valence-electron chi connectivity index (χ1n) is 6.43. The van der Waals surface area contributed by atoms with Crippen LogP contribution in [0.2, 0.25) is 5.02 Å². The number of rotatable bonds is 8. The SMILES string of the molecule is NC(=O)COCCNc1c(Cl)cnn(CC2CC2)c1=O. The lowest BCUT2D eigenvalue weighted by atomic mass is 10.4. The summed E-state index contributed by atoms with van der Waals surface area (Å²) in [5, 5.41) is 7.21. The molecule has 1 aliphatic rings. The van der Waals surface area contributed by atoms with Gasteiger partial charge in [0.05, 0.1) is 17.8 Å². The number of aromatic nitrogens is 2. The van der Waals surface area contributed by atoms with Gasteiger partial charge in [-0.2, -0.15) is 5.10 Å². The van der Waals surface area contributed by atoms with Crippen LogP contribution in [-0.4, -0.2) is 35.4 Å². The van der Waals surface area contributed by atoms with Crippen molar-refractivity contribution < 1.29 is 9.53 Å². The standard InChI is InChI=1S/C12H17ClN4O3/c13-9-5-16-17(6-8-1-2-8)12(19)11(9)15-3-4-20-7-10(14)18/h5,8,15H,1-4,6-7H2,(H2,14,18). The van der Waals surface area contributed by atoms with Gasteiger partial charge in [0.15, 0.2) is 0 Å². The number of hydrogen-bond acceptors (Lipinski definition) is 5. The molecule has 0 spiro atoms. The zero-order chi connectivity index (χ0) is 14.5. The maximum atomic E-state index is 12.2. The quantitative estimate of drug-likeness (QED) is 0.669. The topological polar surface area (TPSA) is 99.2 Å². The Bertz CT molecular complexity index is 542. The van der Waals surface area contributed by atoms with Crippen LogP contribution in [0.5, 0.6) is 0 Å². The van der Waals surface area contributed by atoms with Gasteiger partial charge in [0.25, 0.3) is 5.56 Å². The molecular formula is C12H17ClN4O3. The van der Waals surface area contributed by atoms with Crippen molar-refractivity contribution >= 4 is 23.2 Å². The molecule has 0 bridgehead atoms. The van der Waals surface area contributed by atoms with E-state index in [9.17, 15) is 9.59 Å². The molecule has 0 saturated heterocycles. The molecule has 0 atom stereocenters. The van der Waals surface area contributed by atoms with E-state index >= 15 is 0 Å². The highest BCUT2D eigenvalue weighted by atomic mass is 35.5. The third kappa shape index (κ3) is 4.21. The summed E-state index contributed by atoms with van der Waals surface area (Å²) in [6.45, 7) is 1.10. The molecule has 1 heterocycles. The summed E-state index contributed by atoms with van der Waals surface area (Å²) in [5.74, 6) is 0.0202. The third-order valence-corrected chi connectivity index (χ3v) is 3.20. The summed E-state index contributed by atoms with van der Waals surface area (Å²) < 4.78 is 6.42. The summed E-state index contributed by atoms with van der Waals surface area (Å²) in [5.41, 5.74) is 5.01. The molecule has 0 aromatic carbocycles. The minimum Gasteiger partial charge on any atom is -0.377 e. The second kappa shape index (κ2) is 6.71. The van der Waals surface area contributed by atoms with Gasteiger partial charge in [-0.05, 0) is 18.8 Å². The fraction of sp³-hybridized carbons (Fsp3) is 0.583. The molecule has 110 valence electrons. The Kier molecular flexibility index (Phi) is 4.97. The van der Waals surface area contributed by atoms with Gasteiger partial charge in [-0.1, -0.05) is 11.6 Å². The lowest BCUT2D eigenvalue weighted by Crippen LogP contribution is -2.28. The molecular weight excluding hydrogens is 284 g/mol. The van der Waals surface area contributed by atoms with Crippen molar-refractivity contribution in [3.63, 3.8) is 0 Å². The van der Waals surface area contributed by atoms with E-state index in [0.717, 1.165) is 12.8 Å². The first kappa shape index (κ1) is 14.8. The largest absolute Gasteiger partial charge is 0.377 e. The molecule has 7 nitrogen and oxygen atoms in total. The molecule has 1 amide bonds. The number of nitrogens with two attached hydrogens (primary N) is 1. The number of halogens is 1. The van der Waals surface area contributed by atoms with Gasteiger partial charge in [0.2, 0.25) is 5.91 Å². The van der Waals surface area contributed by atoms with E-state index in [2.05, 4.69) is 10.4 Å². The number of anilines is 1. The van der Waals surface area contributed by atoms with E-state index in [0.29, 0.717) is 24.7 Å². The van der Waals surface area contributed by atoms with Crippen molar-refractivity contribution in [3.05, 3.63) is 21.6 Å². The molecule has 20 heavy (non-hydrogen) atoms. The summed E-state index contributed by atoms with van der Waals surface area (Å²) in [7, 11) is 0. The van der Waals surface area contributed by atoms with Crippen molar-refractivity contribution in [1.82, 2.24) is 9.78 Å². The zero-order valence-electron chi connectivity index (χ0n) is 11.0. The number of amides is 1. The Balaban J connectivity index is 1.92. The number of carbonyl (C=O) groups excluding carboxylic acids is 1.